The van der Waals surface area contributed by atoms with Crippen molar-refractivity contribution in [2.24, 2.45) is 0 Å². The summed E-state index contributed by atoms with van der Waals surface area (Å²) in [5, 5.41) is 0. The SMILES string of the molecule is COC1C=C(C(F)(F)I)C=C(C(F)(F)F)C1. The van der Waals surface area contributed by atoms with Gasteiger partial charge in [-0.3, -0.25) is 0 Å². The molecule has 1 unspecified atom stereocenters. The van der Waals surface area contributed by atoms with Gasteiger partial charge in [0.2, 0.25) is 0 Å². The Labute approximate surface area is 102 Å². The number of alkyl halides is 6. The van der Waals surface area contributed by atoms with E-state index in [1.165, 1.54) is 7.11 Å². The summed E-state index contributed by atoms with van der Waals surface area (Å²) in [6.45, 7) is 0. The van der Waals surface area contributed by atoms with E-state index < -0.39 is 33.8 Å². The second-order valence-electron chi connectivity index (χ2n) is 3.27. The van der Waals surface area contributed by atoms with Gasteiger partial charge < -0.3 is 4.74 Å². The van der Waals surface area contributed by atoms with E-state index in [0.29, 0.717) is 6.08 Å². The minimum Gasteiger partial charge on any atom is -0.377 e. The van der Waals surface area contributed by atoms with E-state index in [-0.39, 0.29) is 0 Å². The number of allylic oxidation sites excluding steroid dienone is 2. The lowest BCUT2D eigenvalue weighted by Crippen LogP contribution is -2.25. The van der Waals surface area contributed by atoms with Crippen LogP contribution in [0.4, 0.5) is 22.0 Å². The van der Waals surface area contributed by atoms with Crippen LogP contribution in [0, 0.1) is 0 Å². The Balaban J connectivity index is 3.08. The fraction of sp³-hybridized carbons (Fsp3) is 0.556. The molecule has 0 saturated carbocycles. The minimum absolute atomic E-state index is 0.434. The summed E-state index contributed by atoms with van der Waals surface area (Å²) in [5.41, 5.74) is -1.66. The molecule has 1 rings (SSSR count). The van der Waals surface area contributed by atoms with Crippen LogP contribution in [0.15, 0.2) is 23.3 Å². The molecule has 0 aromatic heterocycles. The summed E-state index contributed by atoms with van der Waals surface area (Å²) >= 11 is 0.791. The van der Waals surface area contributed by atoms with E-state index >= 15 is 0 Å². The molecule has 0 radical (unpaired) electrons. The lowest BCUT2D eigenvalue weighted by atomic mass is 9.97. The fourth-order valence-electron chi connectivity index (χ4n) is 1.30. The van der Waals surface area contributed by atoms with Gasteiger partial charge >= 0.3 is 10.1 Å². The quantitative estimate of drug-likeness (QED) is 0.416. The highest BCUT2D eigenvalue weighted by Crippen LogP contribution is 2.40. The smallest absolute Gasteiger partial charge is 0.377 e. The summed E-state index contributed by atoms with van der Waals surface area (Å²) in [6.07, 6.45) is -4.49. The van der Waals surface area contributed by atoms with E-state index in [1.54, 1.807) is 0 Å². The van der Waals surface area contributed by atoms with Gasteiger partial charge in [-0.1, -0.05) is 0 Å². The summed E-state index contributed by atoms with van der Waals surface area (Å²) in [7, 11) is 1.18. The van der Waals surface area contributed by atoms with Gasteiger partial charge in [0.05, 0.1) is 6.10 Å². The van der Waals surface area contributed by atoms with E-state index in [0.717, 1.165) is 28.7 Å². The van der Waals surface area contributed by atoms with E-state index in [2.05, 4.69) is 4.74 Å². The molecule has 0 aromatic rings. The molecule has 0 spiro atoms. The molecule has 0 aliphatic heterocycles. The Morgan fingerprint density at radius 3 is 2.25 bits per heavy atom. The van der Waals surface area contributed by atoms with Crippen molar-refractivity contribution in [2.75, 3.05) is 7.11 Å². The topological polar surface area (TPSA) is 9.23 Å². The first-order chi connectivity index (χ1) is 7.14. The zero-order valence-electron chi connectivity index (χ0n) is 8.12. The average molecular weight is 354 g/mol. The standard InChI is InChI=1S/C9H8F5IO/c1-16-7-3-5(8(10,11)12)2-6(4-7)9(13,14)15/h2,4,7H,3H2,1H3. The maximum absolute atomic E-state index is 12.9. The molecule has 0 amide bonds. The highest BCUT2D eigenvalue weighted by Gasteiger charge is 2.40. The molecule has 0 fully saturated rings. The van der Waals surface area contributed by atoms with Crippen molar-refractivity contribution in [1.82, 2.24) is 0 Å². The molecule has 0 heterocycles. The monoisotopic (exact) mass is 354 g/mol. The Bertz CT molecular complexity index is 326. The fourth-order valence-corrected chi connectivity index (χ4v) is 1.63. The van der Waals surface area contributed by atoms with Gasteiger partial charge in [-0.15, -0.1) is 0 Å². The lowest BCUT2D eigenvalue weighted by molar-refractivity contribution is -0.0974. The molecule has 1 nitrogen and oxygen atoms in total. The van der Waals surface area contributed by atoms with Crippen LogP contribution < -0.4 is 0 Å². The molecule has 0 aromatic carbocycles. The highest BCUT2D eigenvalue weighted by atomic mass is 127. The minimum atomic E-state index is -4.60. The molecule has 1 aliphatic carbocycles. The Morgan fingerprint density at radius 1 is 1.31 bits per heavy atom. The number of halogens is 6. The number of ether oxygens (including phenoxy) is 1. The first-order valence-corrected chi connectivity index (χ1v) is 5.32. The Hall–Kier alpha value is -0.180. The predicted molar refractivity (Wildman–Crippen MR) is 56.6 cm³/mol. The molecule has 1 atom stereocenters. The molecule has 0 saturated heterocycles. The molecule has 0 N–H and O–H groups in total. The zero-order valence-corrected chi connectivity index (χ0v) is 10.3. The third-order valence-electron chi connectivity index (χ3n) is 2.11. The summed E-state index contributed by atoms with van der Waals surface area (Å²) < 4.78 is 64.5. The molecule has 92 valence electrons. The summed E-state index contributed by atoms with van der Waals surface area (Å²) in [5.74, 6) is 0. The van der Waals surface area contributed by atoms with Crippen LogP contribution in [0.3, 0.4) is 0 Å². The van der Waals surface area contributed by atoms with Gasteiger partial charge in [0.25, 0.3) is 0 Å². The lowest BCUT2D eigenvalue weighted by Gasteiger charge is -2.24. The van der Waals surface area contributed by atoms with Crippen molar-refractivity contribution in [3.8, 4) is 0 Å². The first kappa shape index (κ1) is 13.9. The maximum atomic E-state index is 12.9. The van der Waals surface area contributed by atoms with E-state index in [4.69, 9.17) is 0 Å². The van der Waals surface area contributed by atoms with Crippen molar-refractivity contribution in [2.45, 2.75) is 22.6 Å². The largest absolute Gasteiger partial charge is 0.412 e. The molecule has 0 bridgehead atoms. The molecule has 7 heteroatoms. The predicted octanol–water partition coefficient (Wildman–Crippen LogP) is 3.85. The average Bonchev–Trinajstić information content (AvgIpc) is 2.14. The molecule has 1 aliphatic rings. The van der Waals surface area contributed by atoms with Crippen molar-refractivity contribution in [3.05, 3.63) is 23.3 Å². The van der Waals surface area contributed by atoms with Crippen LogP contribution in [0.5, 0.6) is 0 Å². The number of methoxy groups -OCH3 is 1. The van der Waals surface area contributed by atoms with Crippen molar-refractivity contribution in [3.63, 3.8) is 0 Å². The van der Waals surface area contributed by atoms with Gasteiger partial charge in [0, 0.05) is 47.3 Å². The van der Waals surface area contributed by atoms with Crippen LogP contribution >= 0.6 is 22.6 Å². The van der Waals surface area contributed by atoms with Crippen molar-refractivity contribution < 1.29 is 26.7 Å². The van der Waals surface area contributed by atoms with E-state index in [9.17, 15) is 22.0 Å². The maximum Gasteiger partial charge on any atom is 0.412 e. The zero-order chi connectivity index (χ0) is 12.6. The third kappa shape index (κ3) is 3.41. The molecule has 16 heavy (non-hydrogen) atoms. The van der Waals surface area contributed by atoms with Gasteiger partial charge in [-0.05, 0) is 12.2 Å². The van der Waals surface area contributed by atoms with Crippen LogP contribution in [0.1, 0.15) is 6.42 Å². The van der Waals surface area contributed by atoms with Crippen LogP contribution in [0.2, 0.25) is 0 Å². The summed E-state index contributed by atoms with van der Waals surface area (Å²) in [6, 6.07) is 0. The van der Waals surface area contributed by atoms with Crippen LogP contribution in [0.25, 0.3) is 0 Å². The number of rotatable bonds is 2. The van der Waals surface area contributed by atoms with Gasteiger partial charge in [0.15, 0.2) is 0 Å². The molecular weight excluding hydrogens is 346 g/mol. The van der Waals surface area contributed by atoms with Gasteiger partial charge in [0.1, 0.15) is 0 Å². The van der Waals surface area contributed by atoms with Crippen LogP contribution in [-0.4, -0.2) is 23.3 Å². The normalized spacial score (nSPS) is 22.8. The van der Waals surface area contributed by atoms with Gasteiger partial charge in [-0.25, -0.2) is 0 Å². The highest BCUT2D eigenvalue weighted by molar-refractivity contribution is 14.1. The Kier molecular flexibility index (Phi) is 3.99. The number of hydrogen-bond acceptors (Lipinski definition) is 1. The van der Waals surface area contributed by atoms with Crippen molar-refractivity contribution in [1.29, 1.82) is 0 Å². The second kappa shape index (κ2) is 4.59. The summed E-state index contributed by atoms with van der Waals surface area (Å²) in [4.78, 5) is 0. The number of hydrogen-bond donors (Lipinski definition) is 0. The first-order valence-electron chi connectivity index (χ1n) is 4.24. The molecular formula is C9H8F5IO. The van der Waals surface area contributed by atoms with Crippen LogP contribution in [-0.2, 0) is 4.74 Å². The third-order valence-corrected chi connectivity index (χ3v) is 2.73. The van der Waals surface area contributed by atoms with Gasteiger partial charge in [-0.2, -0.15) is 22.0 Å². The second-order valence-corrected chi connectivity index (χ2v) is 4.62. The van der Waals surface area contributed by atoms with E-state index in [1.807, 2.05) is 0 Å². The Morgan fingerprint density at radius 2 is 1.88 bits per heavy atom. The van der Waals surface area contributed by atoms with Crippen molar-refractivity contribution >= 4 is 22.6 Å².